The Hall–Kier alpha value is -1.85. The first-order valence-electron chi connectivity index (χ1n) is 8.19. The van der Waals surface area contributed by atoms with E-state index in [0.29, 0.717) is 5.56 Å². The molecule has 5 heteroatoms. The van der Waals surface area contributed by atoms with Gasteiger partial charge in [-0.15, -0.1) is 11.8 Å². The van der Waals surface area contributed by atoms with Crippen molar-refractivity contribution < 1.29 is 14.3 Å². The second kappa shape index (κ2) is 8.50. The molecule has 1 atom stereocenters. The Kier molecular flexibility index (Phi) is 6.62. The van der Waals surface area contributed by atoms with Crippen molar-refractivity contribution in [2.24, 2.45) is 0 Å². The van der Waals surface area contributed by atoms with Crippen LogP contribution in [0, 0.1) is 5.82 Å². The number of rotatable bonds is 6. The Morgan fingerprint density at radius 3 is 2.28 bits per heavy atom. The second-order valence-electron chi connectivity index (χ2n) is 6.93. The van der Waals surface area contributed by atoms with Crippen LogP contribution in [0.15, 0.2) is 53.4 Å². The highest BCUT2D eigenvalue weighted by atomic mass is 32.2. The van der Waals surface area contributed by atoms with Crippen LogP contribution in [-0.2, 0) is 10.2 Å². The third kappa shape index (κ3) is 6.18. The molecule has 1 unspecified atom stereocenters. The normalized spacial score (nSPS) is 12.7. The largest absolute Gasteiger partial charge is 0.387 e. The van der Waals surface area contributed by atoms with Crippen LogP contribution in [0.4, 0.5) is 4.39 Å². The summed E-state index contributed by atoms with van der Waals surface area (Å²) in [5, 5.41) is 12.7. The lowest BCUT2D eigenvalue weighted by molar-refractivity contribution is -0.119. The maximum atomic E-state index is 12.9. The van der Waals surface area contributed by atoms with Gasteiger partial charge >= 0.3 is 0 Å². The molecule has 25 heavy (non-hydrogen) atoms. The summed E-state index contributed by atoms with van der Waals surface area (Å²) in [7, 11) is 0. The predicted molar refractivity (Wildman–Crippen MR) is 100 cm³/mol. The van der Waals surface area contributed by atoms with Gasteiger partial charge in [-0.25, -0.2) is 4.39 Å². The fourth-order valence-electron chi connectivity index (χ4n) is 2.26. The molecule has 0 aromatic heterocycles. The van der Waals surface area contributed by atoms with Gasteiger partial charge in [0, 0.05) is 11.4 Å². The number of aliphatic hydroxyl groups excluding tert-OH is 1. The monoisotopic (exact) mass is 361 g/mol. The first-order chi connectivity index (χ1) is 11.8. The van der Waals surface area contributed by atoms with Crippen LogP contribution in [-0.4, -0.2) is 23.3 Å². The molecule has 2 aromatic carbocycles. The number of benzene rings is 2. The molecule has 0 aliphatic rings. The minimum atomic E-state index is -0.847. The lowest BCUT2D eigenvalue weighted by Crippen LogP contribution is -2.29. The van der Waals surface area contributed by atoms with Gasteiger partial charge in [-0.2, -0.15) is 0 Å². The molecule has 1 amide bonds. The number of halogens is 1. The lowest BCUT2D eigenvalue weighted by atomic mass is 9.87. The van der Waals surface area contributed by atoms with Crippen molar-refractivity contribution in [1.29, 1.82) is 0 Å². The van der Waals surface area contributed by atoms with Gasteiger partial charge < -0.3 is 10.4 Å². The highest BCUT2D eigenvalue weighted by Crippen LogP contribution is 2.25. The van der Waals surface area contributed by atoms with Gasteiger partial charge in [0.1, 0.15) is 5.82 Å². The van der Waals surface area contributed by atoms with Crippen LogP contribution in [0.5, 0.6) is 0 Å². The minimum Gasteiger partial charge on any atom is -0.387 e. The van der Waals surface area contributed by atoms with Gasteiger partial charge in [-0.3, -0.25) is 4.79 Å². The van der Waals surface area contributed by atoms with E-state index >= 15 is 0 Å². The maximum Gasteiger partial charge on any atom is 0.230 e. The molecular formula is C20H24FNO2S. The number of thioether (sulfide) groups is 1. The fourth-order valence-corrected chi connectivity index (χ4v) is 2.99. The number of hydrogen-bond donors (Lipinski definition) is 2. The minimum absolute atomic E-state index is 0.105. The number of carbonyl (C=O) groups is 1. The summed E-state index contributed by atoms with van der Waals surface area (Å²) in [4.78, 5) is 13.0. The Balaban J connectivity index is 1.78. The highest BCUT2D eigenvalue weighted by Gasteiger charge is 2.13. The van der Waals surface area contributed by atoms with Gasteiger partial charge in [0.05, 0.1) is 11.9 Å². The van der Waals surface area contributed by atoms with Gasteiger partial charge in [-0.05, 0) is 40.8 Å². The van der Waals surface area contributed by atoms with Crippen molar-refractivity contribution in [3.05, 3.63) is 65.5 Å². The van der Waals surface area contributed by atoms with E-state index in [0.717, 1.165) is 4.90 Å². The molecule has 0 heterocycles. The first-order valence-corrected chi connectivity index (χ1v) is 9.18. The molecule has 0 saturated carbocycles. The summed E-state index contributed by atoms with van der Waals surface area (Å²) in [6.45, 7) is 6.59. The van der Waals surface area contributed by atoms with E-state index < -0.39 is 6.10 Å². The zero-order chi connectivity index (χ0) is 18.4. The van der Waals surface area contributed by atoms with Crippen molar-refractivity contribution >= 4 is 17.7 Å². The molecule has 0 radical (unpaired) electrons. The average Bonchev–Trinajstić information content (AvgIpc) is 2.58. The fraction of sp³-hybridized carbons (Fsp3) is 0.350. The smallest absolute Gasteiger partial charge is 0.230 e. The molecule has 0 aliphatic heterocycles. The maximum absolute atomic E-state index is 12.9. The van der Waals surface area contributed by atoms with E-state index in [9.17, 15) is 14.3 Å². The molecule has 2 N–H and O–H groups in total. The first kappa shape index (κ1) is 19.5. The van der Waals surface area contributed by atoms with Crippen LogP contribution in [0.2, 0.25) is 0 Å². The molecule has 0 bridgehead atoms. The van der Waals surface area contributed by atoms with Crippen LogP contribution in [0.1, 0.15) is 38.0 Å². The van der Waals surface area contributed by atoms with Crippen LogP contribution in [0.3, 0.4) is 0 Å². The lowest BCUT2D eigenvalue weighted by Gasteiger charge is -2.19. The topological polar surface area (TPSA) is 49.3 Å². The predicted octanol–water partition coefficient (Wildman–Crippen LogP) is 4.07. The van der Waals surface area contributed by atoms with Crippen molar-refractivity contribution in [2.45, 2.75) is 37.2 Å². The van der Waals surface area contributed by atoms with Crippen molar-refractivity contribution in [1.82, 2.24) is 5.32 Å². The van der Waals surface area contributed by atoms with E-state index in [4.69, 9.17) is 0 Å². The van der Waals surface area contributed by atoms with Crippen LogP contribution >= 0.6 is 11.8 Å². The van der Waals surface area contributed by atoms with Gasteiger partial charge in [0.15, 0.2) is 0 Å². The number of amides is 1. The number of hydrogen-bond acceptors (Lipinski definition) is 3. The molecule has 0 saturated heterocycles. The summed E-state index contributed by atoms with van der Waals surface area (Å²) < 4.78 is 12.9. The van der Waals surface area contributed by atoms with E-state index in [1.807, 2.05) is 12.1 Å². The molecule has 3 nitrogen and oxygen atoms in total. The molecule has 134 valence electrons. The van der Waals surface area contributed by atoms with E-state index in [2.05, 4.69) is 38.2 Å². The molecular weight excluding hydrogens is 337 g/mol. The average molecular weight is 361 g/mol. The van der Waals surface area contributed by atoms with Crippen molar-refractivity contribution in [2.75, 3.05) is 12.3 Å². The highest BCUT2D eigenvalue weighted by molar-refractivity contribution is 8.00. The third-order valence-corrected chi connectivity index (χ3v) is 4.85. The zero-order valence-electron chi connectivity index (χ0n) is 14.8. The van der Waals surface area contributed by atoms with E-state index in [-0.39, 0.29) is 29.4 Å². The van der Waals surface area contributed by atoms with Crippen molar-refractivity contribution in [3.63, 3.8) is 0 Å². The second-order valence-corrected chi connectivity index (χ2v) is 7.98. The third-order valence-electron chi connectivity index (χ3n) is 3.84. The molecule has 2 aromatic rings. The Morgan fingerprint density at radius 1 is 1.12 bits per heavy atom. The van der Waals surface area contributed by atoms with Gasteiger partial charge in [0.25, 0.3) is 0 Å². The van der Waals surface area contributed by atoms with Crippen LogP contribution < -0.4 is 5.32 Å². The number of aliphatic hydroxyl groups is 1. The van der Waals surface area contributed by atoms with Gasteiger partial charge in [0.2, 0.25) is 5.91 Å². The SMILES string of the molecule is CC(C)(C)c1ccc(SCC(=O)NCC(O)c2ccc(F)cc2)cc1. The van der Waals surface area contributed by atoms with Crippen molar-refractivity contribution in [3.8, 4) is 0 Å². The molecule has 0 fully saturated rings. The summed E-state index contributed by atoms with van der Waals surface area (Å²) in [5.74, 6) is -0.217. The Labute approximate surface area is 152 Å². The standard InChI is InChI=1S/C20H24FNO2S/c1-20(2,3)15-6-10-17(11-7-15)25-13-19(24)22-12-18(23)14-4-8-16(21)9-5-14/h4-11,18,23H,12-13H2,1-3H3,(H,22,24). The van der Waals surface area contributed by atoms with E-state index in [1.165, 1.54) is 41.6 Å². The van der Waals surface area contributed by atoms with E-state index in [1.54, 1.807) is 0 Å². The van der Waals surface area contributed by atoms with Gasteiger partial charge in [-0.1, -0.05) is 45.0 Å². The number of carbonyl (C=O) groups excluding carboxylic acids is 1. The molecule has 0 aliphatic carbocycles. The Morgan fingerprint density at radius 2 is 1.72 bits per heavy atom. The summed E-state index contributed by atoms with van der Waals surface area (Å²) in [6.07, 6.45) is -0.847. The summed E-state index contributed by atoms with van der Waals surface area (Å²) >= 11 is 1.45. The summed E-state index contributed by atoms with van der Waals surface area (Å²) in [6, 6.07) is 13.8. The zero-order valence-corrected chi connectivity index (χ0v) is 15.6. The Bertz CT molecular complexity index is 693. The molecule has 0 spiro atoms. The number of nitrogens with one attached hydrogen (secondary N) is 1. The molecule has 2 rings (SSSR count). The van der Waals surface area contributed by atoms with Crippen LogP contribution in [0.25, 0.3) is 0 Å². The quantitative estimate of drug-likeness (QED) is 0.763. The summed E-state index contributed by atoms with van der Waals surface area (Å²) in [5.41, 5.74) is 1.94.